The lowest BCUT2D eigenvalue weighted by atomic mass is 9.80. The molecule has 0 spiro atoms. The van der Waals surface area contributed by atoms with Gasteiger partial charge in [0.2, 0.25) is 5.52 Å². The Hall–Kier alpha value is -3.18. The molecular weight excluding hydrogens is 561 g/mol. The first-order chi connectivity index (χ1) is 21.4. The third kappa shape index (κ3) is 6.73. The van der Waals surface area contributed by atoms with Crippen molar-refractivity contribution < 1.29 is 14.5 Å². The van der Waals surface area contributed by atoms with Crippen LogP contribution in [0.1, 0.15) is 115 Å². The van der Waals surface area contributed by atoms with Crippen molar-refractivity contribution in [1.29, 1.82) is 0 Å². The lowest BCUT2D eigenvalue weighted by Crippen LogP contribution is -2.36. The number of unbranched alkanes of at least 4 members (excludes halogenated alkanes) is 10. The molecule has 0 atom stereocenters. The Balaban J connectivity index is 1.40. The Morgan fingerprint density at radius 1 is 0.818 bits per heavy atom. The zero-order chi connectivity index (χ0) is 31.1. The van der Waals surface area contributed by atoms with E-state index in [2.05, 4.69) is 85.7 Å². The van der Waals surface area contributed by atoms with Gasteiger partial charge in [-0.2, -0.15) is 4.57 Å². The van der Waals surface area contributed by atoms with E-state index in [1.165, 1.54) is 85.7 Å². The third-order valence-electron chi connectivity index (χ3n) is 9.43. The van der Waals surface area contributed by atoms with Crippen LogP contribution in [0.4, 0.5) is 5.69 Å². The molecule has 2 heterocycles. The Bertz CT molecular complexity index is 1560. The van der Waals surface area contributed by atoms with Gasteiger partial charge >= 0.3 is 0 Å². The van der Waals surface area contributed by atoms with Crippen molar-refractivity contribution in [3.05, 3.63) is 87.8 Å². The fourth-order valence-corrected chi connectivity index (χ4v) is 7.92. The van der Waals surface area contributed by atoms with Crippen molar-refractivity contribution >= 4 is 39.1 Å². The van der Waals surface area contributed by atoms with E-state index in [9.17, 15) is 9.90 Å². The number of nitrogens with zero attached hydrogens (tertiary/aromatic N) is 2. The van der Waals surface area contributed by atoms with Crippen LogP contribution in [0.5, 0.6) is 0 Å². The molecule has 44 heavy (non-hydrogen) atoms. The molecule has 5 rings (SSSR count). The summed E-state index contributed by atoms with van der Waals surface area (Å²) in [7, 11) is 0. The zero-order valence-corrected chi connectivity index (χ0v) is 28.1. The first kappa shape index (κ1) is 32.2. The number of anilines is 1. The number of thiazole rings is 1. The molecule has 234 valence electrons. The van der Waals surface area contributed by atoms with E-state index in [4.69, 9.17) is 0 Å². The van der Waals surface area contributed by atoms with Crippen LogP contribution in [0, 0.1) is 0 Å². The van der Waals surface area contributed by atoms with Crippen LogP contribution < -0.4 is 14.6 Å². The number of benzene rings is 2. The number of para-hydroxylation sites is 2. The van der Waals surface area contributed by atoms with Crippen molar-refractivity contribution in [1.82, 2.24) is 0 Å². The minimum absolute atomic E-state index is 0.127. The van der Waals surface area contributed by atoms with Gasteiger partial charge in [0.05, 0.1) is 0 Å². The largest absolute Gasteiger partial charge is 0.871 e. The normalized spacial score (nSPS) is 17.7. The van der Waals surface area contributed by atoms with Gasteiger partial charge in [-0.05, 0) is 36.6 Å². The summed E-state index contributed by atoms with van der Waals surface area (Å²) in [6.45, 7) is 10.7. The molecule has 1 aliphatic carbocycles. The average molecular weight is 611 g/mol. The van der Waals surface area contributed by atoms with Gasteiger partial charge in [0.15, 0.2) is 12.3 Å². The highest BCUT2D eigenvalue weighted by molar-refractivity contribution is 7.18. The van der Waals surface area contributed by atoms with Gasteiger partial charge in [0.1, 0.15) is 4.70 Å². The average Bonchev–Trinajstić information content (AvgIpc) is 3.49. The van der Waals surface area contributed by atoms with Crippen LogP contribution in [0.15, 0.2) is 77.2 Å². The number of Topliss-reactive ketones (excluding diaryl/α,β-unsaturated/α-hetero) is 1. The molecule has 5 heteroatoms. The van der Waals surface area contributed by atoms with Gasteiger partial charge in [0, 0.05) is 53.1 Å². The number of allylic oxidation sites excluding steroid dienone is 4. The topological polar surface area (TPSA) is 47.2 Å². The minimum Gasteiger partial charge on any atom is -0.871 e. The van der Waals surface area contributed by atoms with Crippen LogP contribution in [0.3, 0.4) is 0 Å². The number of ketones is 1. The summed E-state index contributed by atoms with van der Waals surface area (Å²) >= 11 is 1.67. The van der Waals surface area contributed by atoms with E-state index >= 15 is 0 Å². The van der Waals surface area contributed by atoms with E-state index in [-0.39, 0.29) is 17.0 Å². The second kappa shape index (κ2) is 14.7. The van der Waals surface area contributed by atoms with E-state index < -0.39 is 0 Å². The van der Waals surface area contributed by atoms with Gasteiger partial charge in [-0.15, -0.1) is 0 Å². The first-order valence-electron chi connectivity index (χ1n) is 17.1. The van der Waals surface area contributed by atoms with Crippen LogP contribution >= 0.6 is 11.3 Å². The summed E-state index contributed by atoms with van der Waals surface area (Å²) in [5.41, 5.74) is 5.06. The lowest BCUT2D eigenvalue weighted by Gasteiger charge is -2.32. The Morgan fingerprint density at radius 3 is 2.18 bits per heavy atom. The maximum atomic E-state index is 13.6. The second-order valence-corrected chi connectivity index (χ2v) is 14.1. The highest BCUT2D eigenvalue weighted by atomic mass is 32.1. The molecule has 0 fully saturated rings. The number of carbonyl (C=O) groups excluding carboxylic acids is 1. The second-order valence-electron chi connectivity index (χ2n) is 13.0. The molecule has 3 aromatic rings. The summed E-state index contributed by atoms with van der Waals surface area (Å²) in [6.07, 6.45) is 18.5. The quantitative estimate of drug-likeness (QED) is 0.0923. The van der Waals surface area contributed by atoms with Gasteiger partial charge in [0.25, 0.3) is 5.01 Å². The van der Waals surface area contributed by atoms with E-state index in [1.54, 1.807) is 11.3 Å². The smallest absolute Gasteiger partial charge is 0.263 e. The van der Waals surface area contributed by atoms with E-state index in [0.29, 0.717) is 11.1 Å². The Kier molecular flexibility index (Phi) is 10.8. The highest BCUT2D eigenvalue weighted by Crippen LogP contribution is 2.49. The molecule has 2 aliphatic rings. The zero-order valence-electron chi connectivity index (χ0n) is 27.3. The Labute approximate surface area is 268 Å². The minimum atomic E-state index is -0.280. The number of aromatic nitrogens is 1. The fraction of sp³-hybridized carbons (Fsp3) is 0.487. The lowest BCUT2D eigenvalue weighted by molar-refractivity contribution is -0.669. The molecule has 1 aliphatic heterocycles. The molecule has 0 unspecified atom stereocenters. The first-order valence-corrected chi connectivity index (χ1v) is 17.9. The van der Waals surface area contributed by atoms with Crippen LogP contribution in [0.25, 0.3) is 16.3 Å². The molecule has 0 amide bonds. The summed E-state index contributed by atoms with van der Waals surface area (Å²) in [5, 5.41) is 14.6. The van der Waals surface area contributed by atoms with Crippen molar-refractivity contribution in [3.63, 3.8) is 0 Å². The molecule has 0 N–H and O–H groups in total. The predicted molar refractivity (Wildman–Crippen MR) is 184 cm³/mol. The molecule has 0 bridgehead atoms. The van der Waals surface area contributed by atoms with Crippen molar-refractivity contribution in [2.75, 3.05) is 11.4 Å². The monoisotopic (exact) mass is 610 g/mol. The summed E-state index contributed by atoms with van der Waals surface area (Å²) in [5.74, 6) is -0.255. The molecule has 0 radical (unpaired) electrons. The van der Waals surface area contributed by atoms with Crippen molar-refractivity contribution in [2.24, 2.45) is 0 Å². The number of hydrogen-bond acceptors (Lipinski definition) is 4. The number of fused-ring (bicyclic) bond motifs is 2. The highest BCUT2D eigenvalue weighted by Gasteiger charge is 2.41. The fourth-order valence-electron chi connectivity index (χ4n) is 6.79. The third-order valence-corrected chi connectivity index (χ3v) is 10.5. The molecule has 0 saturated carbocycles. The molecule has 1 aromatic heterocycles. The van der Waals surface area contributed by atoms with Crippen molar-refractivity contribution in [2.45, 2.75) is 117 Å². The van der Waals surface area contributed by atoms with Crippen LogP contribution in [0.2, 0.25) is 0 Å². The number of rotatable bonds is 16. The van der Waals surface area contributed by atoms with Crippen molar-refractivity contribution in [3.8, 4) is 0 Å². The summed E-state index contributed by atoms with van der Waals surface area (Å²) in [4.78, 5) is 16.0. The molecule has 0 saturated heterocycles. The SMILES string of the molecule is CCCCCCCCN1/C(=C\C2=C([O-])C(=C/c3sc4ccccc4[n+]3CCCCCCCC)/C2=O)C(C)(C)c2ccccc21. The molecule has 4 nitrogen and oxygen atoms in total. The van der Waals surface area contributed by atoms with Gasteiger partial charge < -0.3 is 10.0 Å². The van der Waals surface area contributed by atoms with E-state index in [1.807, 2.05) is 12.2 Å². The van der Waals surface area contributed by atoms with Crippen LogP contribution in [-0.2, 0) is 16.8 Å². The number of hydrogen-bond donors (Lipinski definition) is 0. The van der Waals surface area contributed by atoms with E-state index in [0.717, 1.165) is 36.6 Å². The number of carbonyl (C=O) groups is 1. The van der Waals surface area contributed by atoms with Gasteiger partial charge in [-0.25, -0.2) is 0 Å². The standard InChI is InChI=1S/C39H50N2O2S/c1-5-7-9-11-13-19-25-40-32-22-16-15-21-31(32)39(3,4)35(40)27-29-37(42)30(38(29)43)28-36-41(26-20-14-12-10-8-6-2)33-23-17-18-24-34(33)44-36/h15-18,21-24,27-28H,5-14,19-20,25-26H2,1-4H3. The summed E-state index contributed by atoms with van der Waals surface area (Å²) < 4.78 is 3.50. The van der Waals surface area contributed by atoms with Gasteiger partial charge in [-0.1, -0.05) is 133 Å². The molecular formula is C39H50N2O2S. The number of aryl methyl sites for hydroxylation is 1. The predicted octanol–water partition coefficient (Wildman–Crippen LogP) is 9.17. The Morgan fingerprint density at radius 2 is 1.45 bits per heavy atom. The van der Waals surface area contributed by atoms with Crippen LogP contribution in [-0.4, -0.2) is 12.3 Å². The summed E-state index contributed by atoms with van der Waals surface area (Å²) in [6, 6.07) is 17.0. The maximum Gasteiger partial charge on any atom is 0.263 e. The molecule has 2 aromatic carbocycles. The maximum absolute atomic E-state index is 13.6. The van der Waals surface area contributed by atoms with Gasteiger partial charge in [-0.3, -0.25) is 4.79 Å².